The van der Waals surface area contributed by atoms with Crippen molar-refractivity contribution in [1.82, 2.24) is 0 Å². The molecule has 0 aliphatic carbocycles. The van der Waals surface area contributed by atoms with Gasteiger partial charge in [-0.2, -0.15) is 0 Å². The van der Waals surface area contributed by atoms with Crippen molar-refractivity contribution in [1.29, 1.82) is 0 Å². The smallest absolute Gasteiger partial charge is 0.306 e. The average Bonchev–Trinajstić information content (AvgIpc) is 3.47. The predicted molar refractivity (Wildman–Crippen MR) is 353 cm³/mol. The van der Waals surface area contributed by atoms with Gasteiger partial charge < -0.3 is 14.2 Å². The normalized spacial score (nSPS) is 12.8. The number of esters is 3. The Kier molecular flexibility index (Phi) is 65.2. The summed E-state index contributed by atoms with van der Waals surface area (Å²) in [5.74, 6) is -0.902. The first-order valence-electron chi connectivity index (χ1n) is 34.4. The molecule has 0 rings (SSSR count). The van der Waals surface area contributed by atoms with Gasteiger partial charge in [-0.1, -0.05) is 291 Å². The van der Waals surface area contributed by atoms with Gasteiger partial charge in [0.1, 0.15) is 13.2 Å². The Balaban J connectivity index is 4.43. The summed E-state index contributed by atoms with van der Waals surface area (Å²) in [5.41, 5.74) is 0. The zero-order chi connectivity index (χ0) is 58.5. The number of unbranched alkanes of at least 4 members (excludes halogenated alkanes) is 33. The summed E-state index contributed by atoms with van der Waals surface area (Å²) in [4.78, 5) is 38.5. The minimum absolute atomic E-state index is 0.0887. The van der Waals surface area contributed by atoms with Crippen LogP contribution in [0, 0.1) is 0 Å². The minimum Gasteiger partial charge on any atom is -0.462 e. The second-order valence-electron chi connectivity index (χ2n) is 22.7. The number of rotatable bonds is 62. The van der Waals surface area contributed by atoms with Crippen LogP contribution >= 0.6 is 0 Å². The summed E-state index contributed by atoms with van der Waals surface area (Å²) < 4.78 is 17.0. The summed E-state index contributed by atoms with van der Waals surface area (Å²) in [6, 6.07) is 0. The lowest BCUT2D eigenvalue weighted by atomic mass is 10.1. The van der Waals surface area contributed by atoms with Crippen molar-refractivity contribution in [3.8, 4) is 0 Å². The molecule has 1 unspecified atom stereocenters. The van der Waals surface area contributed by atoms with Crippen molar-refractivity contribution < 1.29 is 28.6 Å². The van der Waals surface area contributed by atoms with E-state index in [1.165, 1.54) is 167 Å². The molecule has 0 aliphatic rings. The molecule has 464 valence electrons. The molecule has 0 fully saturated rings. The Hall–Kier alpha value is -3.93. The number of ether oxygens (including phenoxy) is 3. The lowest BCUT2D eigenvalue weighted by Gasteiger charge is -2.18. The van der Waals surface area contributed by atoms with E-state index in [9.17, 15) is 14.4 Å². The molecular formula is C75H128O6. The molecule has 0 bridgehead atoms. The SMILES string of the molecule is CC/C=C\C/C=C\C/C=C\C/C=C\CCCCCCCCC(=O)OCC(COC(=O)CCCCCCCCCC/C=C\C/C=C\C/C=C\CCCCCCC)OC(=O)CCCCCCCCCCC/C=C\C/C=C\CCCCCCC. The van der Waals surface area contributed by atoms with Gasteiger partial charge >= 0.3 is 17.9 Å². The van der Waals surface area contributed by atoms with Gasteiger partial charge in [0, 0.05) is 19.3 Å². The quantitative estimate of drug-likeness (QED) is 0.0261. The summed E-state index contributed by atoms with van der Waals surface area (Å²) >= 11 is 0. The highest BCUT2D eigenvalue weighted by Gasteiger charge is 2.19. The first kappa shape index (κ1) is 77.1. The number of hydrogen-bond donors (Lipinski definition) is 0. The van der Waals surface area contributed by atoms with E-state index in [-0.39, 0.29) is 31.1 Å². The molecule has 0 N–H and O–H groups in total. The van der Waals surface area contributed by atoms with Gasteiger partial charge in [0.05, 0.1) is 0 Å². The van der Waals surface area contributed by atoms with Crippen LogP contribution in [0.5, 0.6) is 0 Å². The summed E-state index contributed by atoms with van der Waals surface area (Å²) in [7, 11) is 0. The standard InChI is InChI=1S/C75H128O6/c1-4-7-10-13-16-19-22-25-28-31-34-36-37-39-41-44-47-50-53-56-59-62-65-68-74(77)80-71-72(70-79-73(76)67-64-61-58-55-52-49-46-43-40-33-30-27-24-21-18-15-12-9-6-3)81-75(78)69-66-63-60-57-54-51-48-45-42-38-35-32-29-26-23-20-17-14-11-8-5-2/h9,12,18,21-23,25-27,30-32,34-35,37,39-40,43,72H,4-8,10-11,13-17,19-20,24,28-29,33,36,38,41-42,44-71H2,1-3H3/b12-9-,21-18-,25-22-,26-23-,30-27-,34-31-,35-32-,39-37-,43-40-. The zero-order valence-corrected chi connectivity index (χ0v) is 53.3. The molecule has 0 heterocycles. The predicted octanol–water partition coefficient (Wildman–Crippen LogP) is 23.8. The van der Waals surface area contributed by atoms with Crippen LogP contribution in [0.4, 0.5) is 0 Å². The van der Waals surface area contributed by atoms with Crippen LogP contribution in [0.2, 0.25) is 0 Å². The number of allylic oxidation sites excluding steroid dienone is 18. The van der Waals surface area contributed by atoms with E-state index >= 15 is 0 Å². The lowest BCUT2D eigenvalue weighted by molar-refractivity contribution is -0.167. The van der Waals surface area contributed by atoms with Crippen LogP contribution in [0.25, 0.3) is 0 Å². The first-order valence-corrected chi connectivity index (χ1v) is 34.4. The Morgan fingerprint density at radius 1 is 0.259 bits per heavy atom. The van der Waals surface area contributed by atoms with Gasteiger partial charge in [0.25, 0.3) is 0 Å². The van der Waals surface area contributed by atoms with Gasteiger partial charge in [-0.25, -0.2) is 0 Å². The van der Waals surface area contributed by atoms with E-state index in [0.717, 1.165) is 122 Å². The third-order valence-corrected chi connectivity index (χ3v) is 14.7. The summed E-state index contributed by atoms with van der Waals surface area (Å²) in [5, 5.41) is 0. The van der Waals surface area contributed by atoms with Crippen molar-refractivity contribution in [2.45, 2.75) is 335 Å². The van der Waals surface area contributed by atoms with Gasteiger partial charge in [-0.05, 0) is 128 Å². The Bertz CT molecular complexity index is 1620. The van der Waals surface area contributed by atoms with Crippen LogP contribution in [0.15, 0.2) is 109 Å². The molecule has 0 saturated heterocycles. The third-order valence-electron chi connectivity index (χ3n) is 14.7. The maximum atomic E-state index is 13.0. The Morgan fingerprint density at radius 2 is 0.481 bits per heavy atom. The van der Waals surface area contributed by atoms with E-state index in [4.69, 9.17) is 14.2 Å². The highest BCUT2D eigenvalue weighted by atomic mass is 16.6. The van der Waals surface area contributed by atoms with Crippen molar-refractivity contribution in [2.24, 2.45) is 0 Å². The monoisotopic (exact) mass is 1120 g/mol. The molecule has 81 heavy (non-hydrogen) atoms. The van der Waals surface area contributed by atoms with Crippen molar-refractivity contribution in [2.75, 3.05) is 13.2 Å². The van der Waals surface area contributed by atoms with E-state index in [2.05, 4.69) is 130 Å². The fraction of sp³-hybridized carbons (Fsp3) is 0.720. The van der Waals surface area contributed by atoms with E-state index < -0.39 is 6.10 Å². The van der Waals surface area contributed by atoms with Crippen LogP contribution in [-0.2, 0) is 28.6 Å². The molecular weight excluding hydrogens is 997 g/mol. The van der Waals surface area contributed by atoms with Crippen molar-refractivity contribution >= 4 is 17.9 Å². The summed E-state index contributed by atoms with van der Waals surface area (Å²) in [6.45, 7) is 6.52. The van der Waals surface area contributed by atoms with Gasteiger partial charge in [-0.15, -0.1) is 0 Å². The topological polar surface area (TPSA) is 78.9 Å². The molecule has 6 nitrogen and oxygen atoms in total. The number of carbonyl (C=O) groups excluding carboxylic acids is 3. The number of hydrogen-bond acceptors (Lipinski definition) is 6. The minimum atomic E-state index is -0.794. The molecule has 1 atom stereocenters. The molecule has 0 radical (unpaired) electrons. The molecule has 0 spiro atoms. The second kappa shape index (κ2) is 68.6. The lowest BCUT2D eigenvalue weighted by Crippen LogP contribution is -2.30. The van der Waals surface area contributed by atoms with Crippen LogP contribution < -0.4 is 0 Å². The molecule has 6 heteroatoms. The molecule has 0 aromatic rings. The Labute approximate surface area is 501 Å². The number of carbonyl (C=O) groups is 3. The zero-order valence-electron chi connectivity index (χ0n) is 53.3. The first-order chi connectivity index (χ1) is 40.0. The fourth-order valence-corrected chi connectivity index (χ4v) is 9.59. The average molecular weight is 1130 g/mol. The highest BCUT2D eigenvalue weighted by molar-refractivity contribution is 5.71. The van der Waals surface area contributed by atoms with Gasteiger partial charge in [0.15, 0.2) is 6.10 Å². The largest absolute Gasteiger partial charge is 0.462 e. The summed E-state index contributed by atoms with van der Waals surface area (Å²) in [6.07, 6.45) is 93.8. The molecule has 0 aromatic heterocycles. The molecule has 0 amide bonds. The third kappa shape index (κ3) is 66.8. The van der Waals surface area contributed by atoms with E-state index in [1.807, 2.05) is 0 Å². The highest BCUT2D eigenvalue weighted by Crippen LogP contribution is 2.16. The maximum absolute atomic E-state index is 13.0. The molecule has 0 aromatic carbocycles. The van der Waals surface area contributed by atoms with Crippen LogP contribution in [-0.4, -0.2) is 37.2 Å². The maximum Gasteiger partial charge on any atom is 0.306 e. The van der Waals surface area contributed by atoms with Crippen molar-refractivity contribution in [3.63, 3.8) is 0 Å². The van der Waals surface area contributed by atoms with E-state index in [1.54, 1.807) is 0 Å². The molecule has 0 aliphatic heterocycles. The van der Waals surface area contributed by atoms with Crippen molar-refractivity contribution in [3.05, 3.63) is 109 Å². The fourth-order valence-electron chi connectivity index (χ4n) is 9.59. The van der Waals surface area contributed by atoms with Crippen LogP contribution in [0.1, 0.15) is 329 Å². The molecule has 0 saturated carbocycles. The second-order valence-corrected chi connectivity index (χ2v) is 22.7. The van der Waals surface area contributed by atoms with E-state index in [0.29, 0.717) is 19.3 Å². The van der Waals surface area contributed by atoms with Crippen LogP contribution in [0.3, 0.4) is 0 Å². The van der Waals surface area contributed by atoms with Gasteiger partial charge in [0.2, 0.25) is 0 Å². The Morgan fingerprint density at radius 3 is 0.753 bits per heavy atom. The van der Waals surface area contributed by atoms with Gasteiger partial charge in [-0.3, -0.25) is 14.4 Å².